The summed E-state index contributed by atoms with van der Waals surface area (Å²) in [6.07, 6.45) is -2.27. The fourth-order valence-electron chi connectivity index (χ4n) is 2.55. The monoisotopic (exact) mass is 484 g/mol. The molecule has 0 spiro atoms. The minimum Gasteiger partial charge on any atom is -0.357 e. The number of aliphatic imine (C=N–C) groups is 1. The van der Waals surface area contributed by atoms with Crippen LogP contribution in [0.15, 0.2) is 29.3 Å². The number of carbonyl (C=O) groups is 1. The number of halogens is 4. The molecule has 0 atom stereocenters. The highest BCUT2D eigenvalue weighted by Crippen LogP contribution is 2.29. The maximum Gasteiger partial charge on any atom is 0.416 e. The summed E-state index contributed by atoms with van der Waals surface area (Å²) in [4.78, 5) is 18.2. The molecule has 0 aliphatic carbocycles. The van der Waals surface area contributed by atoms with Crippen LogP contribution in [0.2, 0.25) is 0 Å². The zero-order valence-electron chi connectivity index (χ0n) is 14.6. The van der Waals surface area contributed by atoms with Gasteiger partial charge in [-0.25, -0.2) is 4.99 Å². The summed E-state index contributed by atoms with van der Waals surface area (Å²) in [5.74, 6) is 0.493. The molecule has 5 nitrogen and oxygen atoms in total. The van der Waals surface area contributed by atoms with Gasteiger partial charge in [-0.3, -0.25) is 4.79 Å². The fraction of sp³-hybridized carbons (Fsp3) is 0.529. The molecule has 2 N–H and O–H groups in total. The third-order valence-corrected chi connectivity index (χ3v) is 3.91. The Balaban J connectivity index is 0.00000338. The van der Waals surface area contributed by atoms with Gasteiger partial charge in [-0.05, 0) is 37.5 Å². The van der Waals surface area contributed by atoms with Crippen molar-refractivity contribution in [2.45, 2.75) is 32.5 Å². The Kier molecular flexibility index (Phi) is 9.17. The first kappa shape index (κ1) is 22.5. The predicted molar refractivity (Wildman–Crippen MR) is 105 cm³/mol. The molecule has 146 valence electrons. The van der Waals surface area contributed by atoms with Gasteiger partial charge in [-0.15, -0.1) is 24.0 Å². The molecule has 0 aromatic heterocycles. The van der Waals surface area contributed by atoms with Gasteiger partial charge in [-0.2, -0.15) is 13.2 Å². The summed E-state index contributed by atoms with van der Waals surface area (Å²) in [5, 5.41) is 5.99. The first-order chi connectivity index (χ1) is 11.9. The molecule has 1 fully saturated rings. The highest BCUT2D eigenvalue weighted by Gasteiger charge is 2.29. The van der Waals surface area contributed by atoms with Gasteiger partial charge in [0.2, 0.25) is 5.91 Å². The maximum absolute atomic E-state index is 12.6. The SMILES string of the molecule is CCNC(=NCc1ccc(C(F)(F)F)cc1)NCC(=O)N1CCCC1.I. The number of alkyl halides is 3. The zero-order chi connectivity index (χ0) is 18.3. The van der Waals surface area contributed by atoms with E-state index in [1.54, 1.807) is 0 Å². The largest absolute Gasteiger partial charge is 0.416 e. The van der Waals surface area contributed by atoms with Crippen LogP contribution in [0.25, 0.3) is 0 Å². The molecule has 26 heavy (non-hydrogen) atoms. The number of rotatable bonds is 5. The smallest absolute Gasteiger partial charge is 0.357 e. The Morgan fingerprint density at radius 2 is 1.77 bits per heavy atom. The van der Waals surface area contributed by atoms with Crippen molar-refractivity contribution >= 4 is 35.8 Å². The number of benzene rings is 1. The number of hydrogen-bond donors (Lipinski definition) is 2. The van der Waals surface area contributed by atoms with Crippen molar-refractivity contribution in [1.82, 2.24) is 15.5 Å². The van der Waals surface area contributed by atoms with E-state index < -0.39 is 11.7 Å². The third kappa shape index (κ3) is 7.00. The van der Waals surface area contributed by atoms with Crippen molar-refractivity contribution in [2.24, 2.45) is 4.99 Å². The van der Waals surface area contributed by atoms with E-state index in [0.29, 0.717) is 18.1 Å². The van der Waals surface area contributed by atoms with Gasteiger partial charge in [0.25, 0.3) is 0 Å². The van der Waals surface area contributed by atoms with Gasteiger partial charge in [0.1, 0.15) is 0 Å². The van der Waals surface area contributed by atoms with E-state index in [-0.39, 0.29) is 43.0 Å². The van der Waals surface area contributed by atoms with Crippen molar-refractivity contribution in [2.75, 3.05) is 26.2 Å². The average Bonchev–Trinajstić information content (AvgIpc) is 3.11. The molecule has 1 aliphatic rings. The molecule has 1 heterocycles. The van der Waals surface area contributed by atoms with Crippen LogP contribution < -0.4 is 10.6 Å². The Morgan fingerprint density at radius 1 is 1.15 bits per heavy atom. The highest BCUT2D eigenvalue weighted by atomic mass is 127. The topological polar surface area (TPSA) is 56.7 Å². The van der Waals surface area contributed by atoms with Gasteiger partial charge in [0.15, 0.2) is 5.96 Å². The molecule has 0 bridgehead atoms. The molecule has 1 aliphatic heterocycles. The number of hydrogen-bond acceptors (Lipinski definition) is 2. The molecule has 1 saturated heterocycles. The van der Waals surface area contributed by atoms with E-state index in [9.17, 15) is 18.0 Å². The minimum atomic E-state index is -4.34. The van der Waals surface area contributed by atoms with Crippen molar-refractivity contribution < 1.29 is 18.0 Å². The van der Waals surface area contributed by atoms with Crippen LogP contribution in [0.4, 0.5) is 13.2 Å². The number of nitrogens with one attached hydrogen (secondary N) is 2. The molecule has 1 aromatic rings. The van der Waals surface area contributed by atoms with Gasteiger partial charge >= 0.3 is 6.18 Å². The maximum atomic E-state index is 12.6. The third-order valence-electron chi connectivity index (χ3n) is 3.91. The van der Waals surface area contributed by atoms with Crippen molar-refractivity contribution in [3.05, 3.63) is 35.4 Å². The second kappa shape index (κ2) is 10.6. The van der Waals surface area contributed by atoms with E-state index in [1.165, 1.54) is 12.1 Å². The summed E-state index contributed by atoms with van der Waals surface area (Å²) in [5.41, 5.74) is -0.0162. The Labute approximate surface area is 168 Å². The molecule has 1 aromatic carbocycles. The molecular formula is C17H24F3IN4O. The lowest BCUT2D eigenvalue weighted by Gasteiger charge is -2.17. The Hall–Kier alpha value is -1.52. The molecule has 0 radical (unpaired) electrons. The summed E-state index contributed by atoms with van der Waals surface area (Å²) < 4.78 is 37.7. The van der Waals surface area contributed by atoms with Crippen LogP contribution in [0.3, 0.4) is 0 Å². The van der Waals surface area contributed by atoms with Crippen LogP contribution in [-0.2, 0) is 17.5 Å². The lowest BCUT2D eigenvalue weighted by Crippen LogP contribution is -2.44. The first-order valence-electron chi connectivity index (χ1n) is 8.36. The van der Waals surface area contributed by atoms with Crippen LogP contribution in [-0.4, -0.2) is 42.9 Å². The van der Waals surface area contributed by atoms with Crippen LogP contribution in [0.1, 0.15) is 30.9 Å². The lowest BCUT2D eigenvalue weighted by atomic mass is 10.1. The number of likely N-dealkylation sites (tertiary alicyclic amines) is 1. The number of nitrogens with zero attached hydrogens (tertiary/aromatic N) is 2. The van der Waals surface area contributed by atoms with E-state index in [4.69, 9.17) is 0 Å². The molecular weight excluding hydrogens is 460 g/mol. The van der Waals surface area contributed by atoms with Crippen molar-refractivity contribution in [3.63, 3.8) is 0 Å². The van der Waals surface area contributed by atoms with Gasteiger partial charge < -0.3 is 15.5 Å². The van der Waals surface area contributed by atoms with Gasteiger partial charge in [0.05, 0.1) is 18.7 Å². The van der Waals surface area contributed by atoms with Gasteiger partial charge in [-0.1, -0.05) is 12.1 Å². The second-order valence-corrected chi connectivity index (χ2v) is 5.83. The summed E-state index contributed by atoms with van der Waals surface area (Å²) in [7, 11) is 0. The predicted octanol–water partition coefficient (Wildman–Crippen LogP) is 3.00. The van der Waals surface area contributed by atoms with E-state index in [0.717, 1.165) is 38.1 Å². The summed E-state index contributed by atoms with van der Waals surface area (Å²) in [6.45, 7) is 4.48. The summed E-state index contributed by atoms with van der Waals surface area (Å²) >= 11 is 0. The zero-order valence-corrected chi connectivity index (χ0v) is 16.9. The molecule has 9 heteroatoms. The quantitative estimate of drug-likeness (QED) is 0.384. The molecule has 0 unspecified atom stereocenters. The van der Waals surface area contributed by atoms with Crippen LogP contribution in [0.5, 0.6) is 0 Å². The van der Waals surface area contributed by atoms with Crippen molar-refractivity contribution in [1.29, 1.82) is 0 Å². The summed E-state index contributed by atoms with van der Waals surface area (Å²) in [6, 6.07) is 4.90. The Bertz CT molecular complexity index is 599. The standard InChI is InChI=1S/C17H23F3N4O.HI/c1-2-21-16(23-12-15(25)24-9-3-4-10-24)22-11-13-5-7-14(8-6-13)17(18,19)20;/h5-8H,2-4,9-12H2,1H3,(H2,21,22,23);1H. The highest BCUT2D eigenvalue weighted by molar-refractivity contribution is 14.0. The van der Waals surface area contributed by atoms with E-state index in [2.05, 4.69) is 15.6 Å². The number of carbonyl (C=O) groups excluding carboxylic acids is 1. The van der Waals surface area contributed by atoms with E-state index >= 15 is 0 Å². The number of guanidine groups is 1. The normalized spacial score (nSPS) is 14.8. The molecule has 1 amide bonds. The van der Waals surface area contributed by atoms with Crippen LogP contribution >= 0.6 is 24.0 Å². The van der Waals surface area contributed by atoms with Crippen LogP contribution in [0, 0.1) is 0 Å². The molecule has 0 saturated carbocycles. The Morgan fingerprint density at radius 3 is 2.31 bits per heavy atom. The van der Waals surface area contributed by atoms with Gasteiger partial charge in [0, 0.05) is 19.6 Å². The second-order valence-electron chi connectivity index (χ2n) is 5.83. The minimum absolute atomic E-state index is 0. The fourth-order valence-corrected chi connectivity index (χ4v) is 2.55. The average molecular weight is 484 g/mol. The lowest BCUT2D eigenvalue weighted by molar-refractivity contribution is -0.137. The first-order valence-corrected chi connectivity index (χ1v) is 8.36. The molecule has 2 rings (SSSR count). The number of amides is 1. The van der Waals surface area contributed by atoms with Crippen molar-refractivity contribution in [3.8, 4) is 0 Å². The van der Waals surface area contributed by atoms with E-state index in [1.807, 2.05) is 11.8 Å².